The number of ether oxygens (including phenoxy) is 1. The summed E-state index contributed by atoms with van der Waals surface area (Å²) in [6.45, 7) is 0. The number of hydrogen-bond acceptors (Lipinski definition) is 8. The van der Waals surface area contributed by atoms with Crippen LogP contribution in [0, 0.1) is 0 Å². The molecule has 0 spiro atoms. The van der Waals surface area contributed by atoms with Gasteiger partial charge in [0.2, 0.25) is 0 Å². The van der Waals surface area contributed by atoms with Crippen LogP contribution in [0.4, 0.5) is 0 Å². The molecule has 0 saturated heterocycles. The quantitative estimate of drug-likeness (QED) is 0.107. The van der Waals surface area contributed by atoms with Gasteiger partial charge >= 0.3 is 5.97 Å². The SMILES string of the molecule is NN=Cc1ccc(OC(=O)C(N)(Cc2ccccc2)C(=O)C(N)CC=O)cc1. The maximum atomic E-state index is 12.8. The molecule has 146 valence electrons. The first-order chi connectivity index (χ1) is 13.4. The molecule has 0 aliphatic rings. The molecular formula is C20H22N4O4. The number of ketones is 1. The minimum absolute atomic E-state index is 0.115. The molecule has 2 atom stereocenters. The average Bonchev–Trinajstić information content (AvgIpc) is 2.70. The Morgan fingerprint density at radius 2 is 1.75 bits per heavy atom. The minimum Gasteiger partial charge on any atom is -0.425 e. The third kappa shape index (κ3) is 5.09. The maximum absolute atomic E-state index is 12.8. The Morgan fingerprint density at radius 3 is 2.32 bits per heavy atom. The number of benzene rings is 2. The van der Waals surface area contributed by atoms with Crippen LogP contribution in [-0.4, -0.2) is 35.8 Å². The van der Waals surface area contributed by atoms with Crippen LogP contribution in [0.2, 0.25) is 0 Å². The largest absolute Gasteiger partial charge is 0.425 e. The summed E-state index contributed by atoms with van der Waals surface area (Å²) in [6.07, 6.45) is 1.58. The molecule has 2 rings (SSSR count). The van der Waals surface area contributed by atoms with E-state index in [1.165, 1.54) is 18.3 Å². The van der Waals surface area contributed by atoms with Crippen molar-refractivity contribution in [3.8, 4) is 5.75 Å². The summed E-state index contributed by atoms with van der Waals surface area (Å²) in [6, 6.07) is 13.9. The smallest absolute Gasteiger partial charge is 0.339 e. The van der Waals surface area contributed by atoms with E-state index < -0.39 is 23.3 Å². The van der Waals surface area contributed by atoms with Gasteiger partial charge < -0.3 is 26.8 Å². The molecule has 8 heteroatoms. The number of hydrazone groups is 1. The lowest BCUT2D eigenvalue weighted by molar-refractivity contribution is -0.146. The Morgan fingerprint density at radius 1 is 1.11 bits per heavy atom. The van der Waals surface area contributed by atoms with Crippen LogP contribution in [0.15, 0.2) is 59.7 Å². The molecule has 0 heterocycles. The molecule has 0 radical (unpaired) electrons. The first-order valence-corrected chi connectivity index (χ1v) is 8.52. The van der Waals surface area contributed by atoms with E-state index in [9.17, 15) is 14.4 Å². The summed E-state index contributed by atoms with van der Waals surface area (Å²) in [5.41, 5.74) is 11.3. The molecule has 8 nitrogen and oxygen atoms in total. The van der Waals surface area contributed by atoms with Gasteiger partial charge in [0.05, 0.1) is 12.3 Å². The summed E-state index contributed by atoms with van der Waals surface area (Å²) in [5.74, 6) is 3.56. The molecule has 0 aromatic heterocycles. The Bertz CT molecular complexity index is 852. The van der Waals surface area contributed by atoms with Crippen LogP contribution >= 0.6 is 0 Å². The number of esters is 1. The van der Waals surface area contributed by atoms with Gasteiger partial charge in [0, 0.05) is 12.8 Å². The van der Waals surface area contributed by atoms with E-state index >= 15 is 0 Å². The van der Waals surface area contributed by atoms with E-state index in [0.717, 1.165) is 0 Å². The van der Waals surface area contributed by atoms with Crippen LogP contribution < -0.4 is 22.0 Å². The van der Waals surface area contributed by atoms with Gasteiger partial charge in [0.25, 0.3) is 0 Å². The number of carbonyl (C=O) groups excluding carboxylic acids is 3. The van der Waals surface area contributed by atoms with E-state index in [2.05, 4.69) is 5.10 Å². The minimum atomic E-state index is -2.04. The van der Waals surface area contributed by atoms with E-state index in [1.54, 1.807) is 42.5 Å². The fraction of sp³-hybridized carbons (Fsp3) is 0.200. The van der Waals surface area contributed by atoms with Crippen molar-refractivity contribution < 1.29 is 19.1 Å². The van der Waals surface area contributed by atoms with Gasteiger partial charge in [-0.25, -0.2) is 4.79 Å². The van der Waals surface area contributed by atoms with E-state index in [4.69, 9.17) is 22.0 Å². The molecule has 2 aromatic rings. The van der Waals surface area contributed by atoms with Crippen molar-refractivity contribution in [1.29, 1.82) is 0 Å². The molecule has 0 aliphatic heterocycles. The summed E-state index contributed by atoms with van der Waals surface area (Å²) in [4.78, 5) is 36.4. The van der Waals surface area contributed by atoms with E-state index in [0.29, 0.717) is 17.4 Å². The predicted molar refractivity (Wildman–Crippen MR) is 105 cm³/mol. The summed E-state index contributed by atoms with van der Waals surface area (Å²) in [7, 11) is 0. The molecule has 0 bridgehead atoms. The average molecular weight is 382 g/mol. The second kappa shape index (κ2) is 9.54. The molecule has 0 fully saturated rings. The van der Waals surface area contributed by atoms with Gasteiger partial charge in [-0.1, -0.05) is 30.3 Å². The van der Waals surface area contributed by atoms with Crippen molar-refractivity contribution in [3.05, 3.63) is 65.7 Å². The number of nitrogens with zero attached hydrogens (tertiary/aromatic N) is 1. The molecule has 0 amide bonds. The zero-order chi connectivity index (χ0) is 20.6. The van der Waals surface area contributed by atoms with Crippen molar-refractivity contribution in [3.63, 3.8) is 0 Å². The van der Waals surface area contributed by atoms with Gasteiger partial charge in [0.15, 0.2) is 11.3 Å². The van der Waals surface area contributed by atoms with Crippen molar-refractivity contribution in [2.24, 2.45) is 22.4 Å². The zero-order valence-electron chi connectivity index (χ0n) is 15.2. The summed E-state index contributed by atoms with van der Waals surface area (Å²) >= 11 is 0. The molecule has 2 aromatic carbocycles. The standard InChI is InChI=1S/C20H22N4O4/c21-17(10-11-25)18(26)20(22,12-14-4-2-1-3-5-14)19(27)28-16-8-6-15(7-9-16)13-24-23/h1-9,11,13,17H,10,12,21-23H2. The third-order valence-corrected chi connectivity index (χ3v) is 4.13. The molecule has 0 saturated carbocycles. The number of aldehydes is 1. The van der Waals surface area contributed by atoms with Crippen molar-refractivity contribution >= 4 is 24.3 Å². The molecule has 0 aliphatic carbocycles. The molecular weight excluding hydrogens is 360 g/mol. The number of nitrogens with two attached hydrogens (primary N) is 3. The first kappa shape index (κ1) is 20.9. The van der Waals surface area contributed by atoms with Gasteiger partial charge in [-0.05, 0) is 35.4 Å². The monoisotopic (exact) mass is 382 g/mol. The van der Waals surface area contributed by atoms with E-state index in [1.807, 2.05) is 0 Å². The number of carbonyl (C=O) groups is 3. The summed E-state index contributed by atoms with van der Waals surface area (Å²) in [5, 5.41) is 3.40. The van der Waals surface area contributed by atoms with Gasteiger partial charge in [-0.15, -0.1) is 0 Å². The topological polar surface area (TPSA) is 151 Å². The number of Topliss-reactive ketones (excluding diaryl/α,β-unsaturated/α-hetero) is 1. The maximum Gasteiger partial charge on any atom is 0.339 e. The second-order valence-corrected chi connectivity index (χ2v) is 6.24. The Labute approximate surface area is 162 Å². The highest BCUT2D eigenvalue weighted by molar-refractivity contribution is 6.11. The third-order valence-electron chi connectivity index (χ3n) is 4.13. The Balaban J connectivity index is 2.29. The van der Waals surface area contributed by atoms with Crippen LogP contribution in [-0.2, 0) is 20.8 Å². The number of hydrogen-bond donors (Lipinski definition) is 3. The van der Waals surface area contributed by atoms with Gasteiger partial charge in [-0.3, -0.25) is 4.79 Å². The van der Waals surface area contributed by atoms with Crippen molar-refractivity contribution in [1.82, 2.24) is 0 Å². The Hall–Kier alpha value is -3.36. The van der Waals surface area contributed by atoms with Gasteiger partial charge in [-0.2, -0.15) is 5.10 Å². The Kier molecular flexibility index (Phi) is 7.14. The molecule has 6 N–H and O–H groups in total. The normalized spacial score (nSPS) is 14.2. The predicted octanol–water partition coefficient (Wildman–Crippen LogP) is 0.310. The van der Waals surface area contributed by atoms with Crippen molar-refractivity contribution in [2.45, 2.75) is 24.4 Å². The highest BCUT2D eigenvalue weighted by atomic mass is 16.5. The van der Waals surface area contributed by atoms with Gasteiger partial charge in [0.1, 0.15) is 12.0 Å². The highest BCUT2D eigenvalue weighted by Gasteiger charge is 2.46. The highest BCUT2D eigenvalue weighted by Crippen LogP contribution is 2.20. The lowest BCUT2D eigenvalue weighted by Gasteiger charge is -2.28. The fourth-order valence-corrected chi connectivity index (χ4v) is 2.63. The lowest BCUT2D eigenvalue weighted by atomic mass is 9.83. The first-order valence-electron chi connectivity index (χ1n) is 8.52. The molecule has 28 heavy (non-hydrogen) atoms. The lowest BCUT2D eigenvalue weighted by Crippen LogP contribution is -2.63. The fourth-order valence-electron chi connectivity index (χ4n) is 2.63. The van der Waals surface area contributed by atoms with Crippen LogP contribution in [0.5, 0.6) is 5.75 Å². The number of rotatable bonds is 9. The molecule has 2 unspecified atom stereocenters. The van der Waals surface area contributed by atoms with E-state index in [-0.39, 0.29) is 18.6 Å². The summed E-state index contributed by atoms with van der Waals surface area (Å²) < 4.78 is 5.33. The van der Waals surface area contributed by atoms with Crippen LogP contribution in [0.1, 0.15) is 17.5 Å². The van der Waals surface area contributed by atoms with Crippen LogP contribution in [0.3, 0.4) is 0 Å². The van der Waals surface area contributed by atoms with Crippen LogP contribution in [0.25, 0.3) is 0 Å². The zero-order valence-corrected chi connectivity index (χ0v) is 15.2. The second-order valence-electron chi connectivity index (χ2n) is 6.24. The van der Waals surface area contributed by atoms with Crippen molar-refractivity contribution in [2.75, 3.05) is 0 Å².